The Kier molecular flexibility index (Phi) is 3.01. The first-order valence-electron chi connectivity index (χ1n) is 7.73. The number of benzene rings is 1. The van der Waals surface area contributed by atoms with Crippen LogP contribution >= 0.6 is 0 Å². The molecule has 0 saturated heterocycles. The summed E-state index contributed by atoms with van der Waals surface area (Å²) in [5, 5.41) is 3.70. The van der Waals surface area contributed by atoms with Crippen LogP contribution < -0.4 is 5.32 Å². The Morgan fingerprint density at radius 2 is 1.68 bits per heavy atom. The Morgan fingerprint density at radius 1 is 1.05 bits per heavy atom. The number of nitrogens with one attached hydrogen (secondary N) is 1. The molecular formula is C18H27N. The minimum Gasteiger partial charge on any atom is -0.312 e. The lowest BCUT2D eigenvalue weighted by Crippen LogP contribution is -2.19. The van der Waals surface area contributed by atoms with Crippen molar-refractivity contribution in [1.29, 1.82) is 0 Å². The summed E-state index contributed by atoms with van der Waals surface area (Å²) < 4.78 is 0. The summed E-state index contributed by atoms with van der Waals surface area (Å²) in [5.74, 6) is 1.67. The molecule has 0 bridgehead atoms. The molecular weight excluding hydrogens is 230 g/mol. The fourth-order valence-electron chi connectivity index (χ4n) is 3.68. The van der Waals surface area contributed by atoms with Crippen LogP contribution in [0, 0.1) is 16.7 Å². The summed E-state index contributed by atoms with van der Waals surface area (Å²) in [7, 11) is 0. The third kappa shape index (κ3) is 2.23. The average Bonchev–Trinajstić information content (AvgIpc) is 3.24. The Labute approximate surface area is 117 Å². The maximum absolute atomic E-state index is 3.70. The van der Waals surface area contributed by atoms with Crippen LogP contribution in [-0.4, -0.2) is 6.54 Å². The van der Waals surface area contributed by atoms with E-state index in [1.54, 1.807) is 5.56 Å². The molecule has 0 aromatic heterocycles. The largest absolute Gasteiger partial charge is 0.312 e. The van der Waals surface area contributed by atoms with E-state index in [0.29, 0.717) is 10.8 Å². The van der Waals surface area contributed by atoms with Gasteiger partial charge < -0.3 is 5.32 Å². The highest BCUT2D eigenvalue weighted by Gasteiger charge is 2.63. The third-order valence-electron chi connectivity index (χ3n) is 6.06. The van der Waals surface area contributed by atoms with Crippen LogP contribution in [-0.2, 0) is 6.54 Å². The molecule has 1 nitrogen and oxygen atoms in total. The Hall–Kier alpha value is -0.820. The molecule has 3 rings (SSSR count). The summed E-state index contributed by atoms with van der Waals surface area (Å²) in [6.45, 7) is 11.8. The lowest BCUT2D eigenvalue weighted by atomic mass is 10.0. The van der Waals surface area contributed by atoms with E-state index in [9.17, 15) is 0 Å². The van der Waals surface area contributed by atoms with E-state index in [1.165, 1.54) is 18.4 Å². The molecule has 0 radical (unpaired) electrons. The quantitative estimate of drug-likeness (QED) is 0.827. The van der Waals surface area contributed by atoms with Crippen molar-refractivity contribution in [2.24, 2.45) is 16.7 Å². The molecule has 2 fully saturated rings. The van der Waals surface area contributed by atoms with E-state index in [4.69, 9.17) is 0 Å². The van der Waals surface area contributed by atoms with Gasteiger partial charge in [-0.1, -0.05) is 52.0 Å². The van der Waals surface area contributed by atoms with Gasteiger partial charge in [-0.05, 0) is 53.2 Å². The second-order valence-corrected chi connectivity index (χ2v) is 7.60. The first-order valence-corrected chi connectivity index (χ1v) is 7.73. The van der Waals surface area contributed by atoms with Crippen molar-refractivity contribution < 1.29 is 0 Å². The molecule has 0 unspecified atom stereocenters. The van der Waals surface area contributed by atoms with Gasteiger partial charge in [0, 0.05) is 6.54 Å². The van der Waals surface area contributed by atoms with Crippen molar-refractivity contribution in [1.82, 2.24) is 5.32 Å². The molecule has 1 aromatic rings. The highest BCUT2D eigenvalue weighted by Crippen LogP contribution is 2.67. The molecule has 0 atom stereocenters. The zero-order chi connectivity index (χ0) is 13.7. The first kappa shape index (κ1) is 13.2. The molecule has 1 heteroatoms. The van der Waals surface area contributed by atoms with Gasteiger partial charge in [-0.15, -0.1) is 0 Å². The van der Waals surface area contributed by atoms with E-state index in [2.05, 4.69) is 57.3 Å². The van der Waals surface area contributed by atoms with Crippen molar-refractivity contribution in [2.45, 2.75) is 53.0 Å². The maximum atomic E-state index is 3.70. The highest BCUT2D eigenvalue weighted by atomic mass is 14.9. The van der Waals surface area contributed by atoms with Crippen LogP contribution in [0.5, 0.6) is 0 Å². The lowest BCUT2D eigenvalue weighted by Gasteiger charge is -2.10. The number of hydrogen-bond acceptors (Lipinski definition) is 1. The summed E-state index contributed by atoms with van der Waals surface area (Å²) in [6, 6.07) is 8.97. The zero-order valence-corrected chi connectivity index (χ0v) is 12.8. The molecule has 104 valence electrons. The Bertz CT molecular complexity index is 454. The minimum atomic E-state index is 0.496. The standard InChI is InChI=1S/C18H27N/c1-17(2)16(18(17,3)4)12-19-11-14-7-5-6-8-15(14)13-9-10-13/h5-8,13,16,19H,9-12H2,1-4H3. The molecule has 0 aliphatic heterocycles. The molecule has 2 saturated carbocycles. The van der Waals surface area contributed by atoms with Crippen molar-refractivity contribution >= 4 is 0 Å². The fraction of sp³-hybridized carbons (Fsp3) is 0.667. The predicted molar refractivity (Wildman–Crippen MR) is 81.2 cm³/mol. The molecule has 0 spiro atoms. The van der Waals surface area contributed by atoms with Gasteiger partial charge in [0.1, 0.15) is 0 Å². The summed E-state index contributed by atoms with van der Waals surface area (Å²) in [4.78, 5) is 0. The molecule has 1 aromatic carbocycles. The second-order valence-electron chi connectivity index (χ2n) is 7.60. The van der Waals surface area contributed by atoms with Gasteiger partial charge in [0.05, 0.1) is 0 Å². The summed E-state index contributed by atoms with van der Waals surface area (Å²) in [5.41, 5.74) is 4.09. The van der Waals surface area contributed by atoms with E-state index in [1.807, 2.05) is 0 Å². The monoisotopic (exact) mass is 257 g/mol. The van der Waals surface area contributed by atoms with Gasteiger partial charge in [0.25, 0.3) is 0 Å². The predicted octanol–water partition coefficient (Wildman–Crippen LogP) is 4.34. The third-order valence-corrected chi connectivity index (χ3v) is 6.06. The van der Waals surface area contributed by atoms with Gasteiger partial charge in [-0.25, -0.2) is 0 Å². The maximum Gasteiger partial charge on any atom is 0.0208 e. The first-order chi connectivity index (χ1) is 8.94. The van der Waals surface area contributed by atoms with Crippen LogP contribution in [0.3, 0.4) is 0 Å². The molecule has 19 heavy (non-hydrogen) atoms. The van der Waals surface area contributed by atoms with E-state index < -0.39 is 0 Å². The van der Waals surface area contributed by atoms with E-state index in [0.717, 1.165) is 24.9 Å². The molecule has 0 amide bonds. The van der Waals surface area contributed by atoms with Crippen molar-refractivity contribution in [3.8, 4) is 0 Å². The molecule has 0 heterocycles. The van der Waals surface area contributed by atoms with Crippen LogP contribution in [0.25, 0.3) is 0 Å². The zero-order valence-electron chi connectivity index (χ0n) is 12.8. The van der Waals surface area contributed by atoms with Crippen LogP contribution in [0.4, 0.5) is 0 Å². The van der Waals surface area contributed by atoms with Crippen LogP contribution in [0.1, 0.15) is 57.6 Å². The summed E-state index contributed by atoms with van der Waals surface area (Å²) in [6.07, 6.45) is 2.78. The van der Waals surface area contributed by atoms with Gasteiger partial charge in [0.15, 0.2) is 0 Å². The number of hydrogen-bond donors (Lipinski definition) is 1. The molecule has 1 N–H and O–H groups in total. The SMILES string of the molecule is CC1(C)C(CNCc2ccccc2C2CC2)C1(C)C. The van der Waals surface area contributed by atoms with E-state index in [-0.39, 0.29) is 0 Å². The Morgan fingerprint density at radius 3 is 2.26 bits per heavy atom. The van der Waals surface area contributed by atoms with Crippen molar-refractivity contribution in [3.63, 3.8) is 0 Å². The van der Waals surface area contributed by atoms with Crippen molar-refractivity contribution in [3.05, 3.63) is 35.4 Å². The Balaban J connectivity index is 1.56. The van der Waals surface area contributed by atoms with Crippen molar-refractivity contribution in [2.75, 3.05) is 6.54 Å². The van der Waals surface area contributed by atoms with Crippen LogP contribution in [0.15, 0.2) is 24.3 Å². The normalized spacial score (nSPS) is 24.4. The van der Waals surface area contributed by atoms with Gasteiger partial charge in [-0.3, -0.25) is 0 Å². The topological polar surface area (TPSA) is 12.0 Å². The molecule has 2 aliphatic rings. The average molecular weight is 257 g/mol. The van der Waals surface area contributed by atoms with Gasteiger partial charge in [-0.2, -0.15) is 0 Å². The highest BCUT2D eigenvalue weighted by molar-refractivity contribution is 5.33. The van der Waals surface area contributed by atoms with Gasteiger partial charge in [0.2, 0.25) is 0 Å². The smallest absolute Gasteiger partial charge is 0.0208 e. The van der Waals surface area contributed by atoms with Crippen LogP contribution in [0.2, 0.25) is 0 Å². The second kappa shape index (κ2) is 4.34. The minimum absolute atomic E-state index is 0.496. The summed E-state index contributed by atoms with van der Waals surface area (Å²) >= 11 is 0. The van der Waals surface area contributed by atoms with Gasteiger partial charge >= 0.3 is 0 Å². The lowest BCUT2D eigenvalue weighted by molar-refractivity contribution is 0.457. The van der Waals surface area contributed by atoms with E-state index >= 15 is 0 Å². The fourth-order valence-corrected chi connectivity index (χ4v) is 3.68. The number of rotatable bonds is 5. The molecule has 2 aliphatic carbocycles.